The lowest BCUT2D eigenvalue weighted by Crippen LogP contribution is -2.43. The first-order valence-electron chi connectivity index (χ1n) is 9.08. The predicted octanol–water partition coefficient (Wildman–Crippen LogP) is 4.04. The molecule has 5 heteroatoms. The summed E-state index contributed by atoms with van der Waals surface area (Å²) in [7, 11) is 0. The molecule has 0 saturated carbocycles. The van der Waals surface area contributed by atoms with Gasteiger partial charge in [-0.25, -0.2) is 4.98 Å². The molecular formula is C20H27N3OS. The maximum atomic E-state index is 12.5. The zero-order valence-corrected chi connectivity index (χ0v) is 16.2. The standard InChI is InChI=1S/C20H27N3OS/c1-4-20(3,19-21-15(2)14-25-19)22-18(24)10-7-12-23-13-11-16-8-5-6-9-17(16)23/h5-6,8-9,14H,4,7,10-13H2,1-3H3,(H,22,24). The lowest BCUT2D eigenvalue weighted by molar-refractivity contribution is -0.123. The molecule has 1 N–H and O–H groups in total. The second kappa shape index (κ2) is 7.56. The molecule has 1 unspecified atom stereocenters. The summed E-state index contributed by atoms with van der Waals surface area (Å²) in [5, 5.41) is 6.24. The van der Waals surface area contributed by atoms with Crippen LogP contribution >= 0.6 is 11.3 Å². The summed E-state index contributed by atoms with van der Waals surface area (Å²) in [4.78, 5) is 19.4. The Bertz CT molecular complexity index is 742. The van der Waals surface area contributed by atoms with Crippen LogP contribution in [0.15, 0.2) is 29.6 Å². The van der Waals surface area contributed by atoms with Crippen molar-refractivity contribution in [3.05, 3.63) is 45.9 Å². The summed E-state index contributed by atoms with van der Waals surface area (Å²) in [6.07, 6.45) is 3.38. The second-order valence-electron chi connectivity index (χ2n) is 7.00. The number of carbonyl (C=O) groups is 1. The van der Waals surface area contributed by atoms with Crippen molar-refractivity contribution in [3.63, 3.8) is 0 Å². The lowest BCUT2D eigenvalue weighted by Gasteiger charge is -2.27. The van der Waals surface area contributed by atoms with E-state index in [2.05, 4.69) is 53.3 Å². The van der Waals surface area contributed by atoms with Crippen LogP contribution in [-0.4, -0.2) is 24.0 Å². The Morgan fingerprint density at radius 2 is 2.20 bits per heavy atom. The molecule has 0 spiro atoms. The molecule has 1 aliphatic rings. The highest BCUT2D eigenvalue weighted by atomic mass is 32.1. The quantitative estimate of drug-likeness (QED) is 0.813. The first kappa shape index (κ1) is 17.9. The topological polar surface area (TPSA) is 45.2 Å². The molecule has 25 heavy (non-hydrogen) atoms. The number of hydrogen-bond donors (Lipinski definition) is 1. The van der Waals surface area contributed by atoms with Crippen LogP contribution in [0.3, 0.4) is 0 Å². The van der Waals surface area contributed by atoms with Crippen LogP contribution in [0.5, 0.6) is 0 Å². The number of nitrogens with zero attached hydrogens (tertiary/aromatic N) is 2. The molecule has 2 aromatic rings. The third-order valence-electron chi connectivity index (χ3n) is 5.03. The Balaban J connectivity index is 1.51. The third-order valence-corrected chi connectivity index (χ3v) is 6.25. The van der Waals surface area contributed by atoms with Crippen molar-refractivity contribution >= 4 is 22.9 Å². The van der Waals surface area contributed by atoms with Gasteiger partial charge in [0.15, 0.2) is 0 Å². The molecule has 1 atom stereocenters. The van der Waals surface area contributed by atoms with Gasteiger partial charge in [-0.2, -0.15) is 0 Å². The molecule has 134 valence electrons. The highest BCUT2D eigenvalue weighted by molar-refractivity contribution is 7.09. The minimum Gasteiger partial charge on any atom is -0.371 e. The molecule has 1 amide bonds. The molecule has 0 fully saturated rings. The van der Waals surface area contributed by atoms with Gasteiger partial charge in [-0.15, -0.1) is 11.3 Å². The number of benzene rings is 1. The minimum atomic E-state index is -0.365. The Morgan fingerprint density at radius 3 is 2.92 bits per heavy atom. The summed E-state index contributed by atoms with van der Waals surface area (Å²) in [5.74, 6) is 0.115. The van der Waals surface area contributed by atoms with Crippen LogP contribution in [0.4, 0.5) is 5.69 Å². The van der Waals surface area contributed by atoms with Crippen molar-refractivity contribution in [3.8, 4) is 0 Å². The first-order valence-corrected chi connectivity index (χ1v) is 9.96. The average Bonchev–Trinajstić information content (AvgIpc) is 3.22. The Morgan fingerprint density at radius 1 is 1.40 bits per heavy atom. The zero-order chi connectivity index (χ0) is 17.9. The van der Waals surface area contributed by atoms with Gasteiger partial charge in [0, 0.05) is 36.3 Å². The SMILES string of the molecule is CCC(C)(NC(=O)CCCN1CCc2ccccc21)c1nc(C)cs1. The molecule has 1 aromatic heterocycles. The van der Waals surface area contributed by atoms with E-state index in [1.54, 1.807) is 11.3 Å². The zero-order valence-electron chi connectivity index (χ0n) is 15.3. The number of rotatable bonds is 7. The monoisotopic (exact) mass is 357 g/mol. The number of carbonyl (C=O) groups excluding carboxylic acids is 1. The molecule has 0 saturated heterocycles. The average molecular weight is 358 g/mol. The predicted molar refractivity (Wildman–Crippen MR) is 104 cm³/mol. The highest BCUT2D eigenvalue weighted by Crippen LogP contribution is 2.29. The van der Waals surface area contributed by atoms with Crippen molar-refractivity contribution in [2.75, 3.05) is 18.0 Å². The molecule has 4 nitrogen and oxygen atoms in total. The van der Waals surface area contributed by atoms with Crippen LogP contribution in [-0.2, 0) is 16.8 Å². The van der Waals surface area contributed by atoms with E-state index in [-0.39, 0.29) is 11.4 Å². The number of aromatic nitrogens is 1. The van der Waals surface area contributed by atoms with E-state index >= 15 is 0 Å². The van der Waals surface area contributed by atoms with Gasteiger partial charge < -0.3 is 10.2 Å². The van der Waals surface area contributed by atoms with Gasteiger partial charge in [0.05, 0.1) is 5.54 Å². The van der Waals surface area contributed by atoms with E-state index in [1.165, 1.54) is 11.3 Å². The largest absolute Gasteiger partial charge is 0.371 e. The van der Waals surface area contributed by atoms with E-state index in [1.807, 2.05) is 12.3 Å². The first-order chi connectivity index (χ1) is 12.0. The van der Waals surface area contributed by atoms with Crippen LogP contribution in [0.25, 0.3) is 0 Å². The molecule has 0 bridgehead atoms. The van der Waals surface area contributed by atoms with Crippen molar-refractivity contribution < 1.29 is 4.79 Å². The van der Waals surface area contributed by atoms with Gasteiger partial charge >= 0.3 is 0 Å². The number of fused-ring (bicyclic) bond motifs is 1. The van der Waals surface area contributed by atoms with Crippen LogP contribution in [0.2, 0.25) is 0 Å². The number of amides is 1. The van der Waals surface area contributed by atoms with Crippen LogP contribution < -0.4 is 10.2 Å². The summed E-state index contributed by atoms with van der Waals surface area (Å²) < 4.78 is 0. The highest BCUT2D eigenvalue weighted by Gasteiger charge is 2.29. The molecule has 1 aromatic carbocycles. The van der Waals surface area contributed by atoms with Gasteiger partial charge in [0.1, 0.15) is 5.01 Å². The molecule has 3 rings (SSSR count). The Kier molecular flexibility index (Phi) is 5.42. The molecule has 2 heterocycles. The van der Waals surface area contributed by atoms with Gasteiger partial charge in [0.25, 0.3) is 0 Å². The number of hydrogen-bond acceptors (Lipinski definition) is 4. The number of anilines is 1. The van der Waals surface area contributed by atoms with Crippen molar-refractivity contribution in [1.29, 1.82) is 0 Å². The molecular weight excluding hydrogens is 330 g/mol. The van der Waals surface area contributed by atoms with Crippen molar-refractivity contribution in [2.45, 2.75) is 52.0 Å². The van der Waals surface area contributed by atoms with E-state index in [0.717, 1.165) is 43.1 Å². The smallest absolute Gasteiger partial charge is 0.220 e. The van der Waals surface area contributed by atoms with E-state index < -0.39 is 0 Å². The summed E-state index contributed by atoms with van der Waals surface area (Å²) in [6, 6.07) is 8.57. The number of nitrogens with one attached hydrogen (secondary N) is 1. The fourth-order valence-corrected chi connectivity index (χ4v) is 4.33. The van der Waals surface area contributed by atoms with Gasteiger partial charge in [-0.05, 0) is 44.7 Å². The second-order valence-corrected chi connectivity index (χ2v) is 7.86. The number of para-hydroxylation sites is 1. The Hall–Kier alpha value is -1.88. The number of aryl methyl sites for hydroxylation is 1. The fraction of sp³-hybridized carbons (Fsp3) is 0.500. The maximum Gasteiger partial charge on any atom is 0.220 e. The van der Waals surface area contributed by atoms with Crippen LogP contribution in [0, 0.1) is 6.92 Å². The van der Waals surface area contributed by atoms with E-state index in [9.17, 15) is 4.79 Å². The van der Waals surface area contributed by atoms with Crippen molar-refractivity contribution in [1.82, 2.24) is 10.3 Å². The van der Waals surface area contributed by atoms with E-state index in [4.69, 9.17) is 0 Å². The summed E-state index contributed by atoms with van der Waals surface area (Å²) >= 11 is 1.63. The molecule has 1 aliphatic heterocycles. The van der Waals surface area contributed by atoms with E-state index in [0.29, 0.717) is 6.42 Å². The van der Waals surface area contributed by atoms with Gasteiger partial charge in [0.2, 0.25) is 5.91 Å². The summed E-state index contributed by atoms with van der Waals surface area (Å²) in [6.45, 7) is 8.15. The Labute approximate surface area is 154 Å². The third kappa shape index (κ3) is 4.03. The normalized spacial score (nSPS) is 15.7. The fourth-order valence-electron chi connectivity index (χ4n) is 3.34. The maximum absolute atomic E-state index is 12.5. The lowest BCUT2D eigenvalue weighted by atomic mass is 9.99. The minimum absolute atomic E-state index is 0.115. The van der Waals surface area contributed by atoms with Crippen LogP contribution in [0.1, 0.15) is 49.4 Å². The van der Waals surface area contributed by atoms with Gasteiger partial charge in [-0.1, -0.05) is 25.1 Å². The van der Waals surface area contributed by atoms with Gasteiger partial charge in [-0.3, -0.25) is 4.79 Å². The van der Waals surface area contributed by atoms with Crippen molar-refractivity contribution in [2.24, 2.45) is 0 Å². The molecule has 0 aliphatic carbocycles. The number of thiazole rings is 1. The molecule has 0 radical (unpaired) electrons. The summed E-state index contributed by atoms with van der Waals surface area (Å²) in [5.41, 5.74) is 3.40.